The standard InChI is InChI=1S/C14H21FN2O2/c1-3-5-9-17(10-6-4-2)13-12(15)11(14(18)19)7-8-16-13/h7-8H,3-6,9-10H2,1-2H3,(H,18,19). The van der Waals surface area contributed by atoms with E-state index in [-0.39, 0.29) is 11.4 Å². The van der Waals surface area contributed by atoms with Gasteiger partial charge in [-0.2, -0.15) is 0 Å². The maximum atomic E-state index is 14.1. The van der Waals surface area contributed by atoms with Crippen molar-refractivity contribution >= 4 is 11.8 Å². The van der Waals surface area contributed by atoms with E-state index in [2.05, 4.69) is 18.8 Å². The number of hydrogen-bond donors (Lipinski definition) is 1. The molecule has 0 fully saturated rings. The van der Waals surface area contributed by atoms with Crippen molar-refractivity contribution in [3.63, 3.8) is 0 Å². The molecule has 0 saturated heterocycles. The first-order chi connectivity index (χ1) is 9.11. The van der Waals surface area contributed by atoms with Crippen molar-refractivity contribution in [1.29, 1.82) is 0 Å². The number of unbranched alkanes of at least 4 members (excludes halogenated alkanes) is 2. The second-order valence-electron chi connectivity index (χ2n) is 4.50. The highest BCUT2D eigenvalue weighted by Gasteiger charge is 2.19. The Labute approximate surface area is 113 Å². The predicted octanol–water partition coefficient (Wildman–Crippen LogP) is 3.33. The summed E-state index contributed by atoms with van der Waals surface area (Å²) < 4.78 is 14.1. The lowest BCUT2D eigenvalue weighted by atomic mass is 10.2. The number of aromatic nitrogens is 1. The molecule has 0 aliphatic heterocycles. The monoisotopic (exact) mass is 268 g/mol. The number of aromatic carboxylic acids is 1. The van der Waals surface area contributed by atoms with Crippen LogP contribution >= 0.6 is 0 Å². The Bertz CT molecular complexity index is 416. The first-order valence-corrected chi connectivity index (χ1v) is 6.74. The highest BCUT2D eigenvalue weighted by molar-refractivity contribution is 5.88. The van der Waals surface area contributed by atoms with E-state index in [1.165, 1.54) is 12.3 Å². The highest BCUT2D eigenvalue weighted by Crippen LogP contribution is 2.20. The zero-order chi connectivity index (χ0) is 14.3. The summed E-state index contributed by atoms with van der Waals surface area (Å²) in [6.07, 6.45) is 5.22. The minimum absolute atomic E-state index is 0.154. The largest absolute Gasteiger partial charge is 0.478 e. The van der Waals surface area contributed by atoms with Gasteiger partial charge in [-0.25, -0.2) is 14.2 Å². The molecule has 19 heavy (non-hydrogen) atoms. The summed E-state index contributed by atoms with van der Waals surface area (Å²) in [5.41, 5.74) is -0.317. The van der Waals surface area contributed by atoms with Crippen LogP contribution in [0, 0.1) is 5.82 Å². The van der Waals surface area contributed by atoms with Crippen molar-refractivity contribution in [2.45, 2.75) is 39.5 Å². The number of carboxylic acids is 1. The van der Waals surface area contributed by atoms with Crippen LogP contribution in [0.2, 0.25) is 0 Å². The van der Waals surface area contributed by atoms with Crippen LogP contribution in [0.15, 0.2) is 12.3 Å². The molecule has 0 radical (unpaired) electrons. The van der Waals surface area contributed by atoms with Gasteiger partial charge in [0.25, 0.3) is 0 Å². The molecular weight excluding hydrogens is 247 g/mol. The van der Waals surface area contributed by atoms with Gasteiger partial charge in [-0.05, 0) is 18.9 Å². The molecule has 0 unspecified atom stereocenters. The molecule has 1 rings (SSSR count). The first-order valence-electron chi connectivity index (χ1n) is 6.74. The average Bonchev–Trinajstić information content (AvgIpc) is 2.39. The quantitative estimate of drug-likeness (QED) is 0.785. The van der Waals surface area contributed by atoms with Gasteiger partial charge < -0.3 is 10.0 Å². The number of nitrogens with zero attached hydrogens (tertiary/aromatic N) is 2. The van der Waals surface area contributed by atoms with E-state index in [1.807, 2.05) is 4.90 Å². The summed E-state index contributed by atoms with van der Waals surface area (Å²) in [5.74, 6) is -1.84. The van der Waals surface area contributed by atoms with Crippen LogP contribution in [0.25, 0.3) is 0 Å². The summed E-state index contributed by atoms with van der Waals surface area (Å²) in [5, 5.41) is 8.94. The molecule has 0 saturated carbocycles. The fraction of sp³-hybridized carbons (Fsp3) is 0.571. The van der Waals surface area contributed by atoms with Crippen LogP contribution in [0.1, 0.15) is 49.9 Å². The van der Waals surface area contributed by atoms with E-state index in [1.54, 1.807) is 0 Å². The molecule has 0 aliphatic carbocycles. The van der Waals surface area contributed by atoms with Gasteiger partial charge in [0.2, 0.25) is 0 Å². The third kappa shape index (κ3) is 4.19. The fourth-order valence-corrected chi connectivity index (χ4v) is 1.84. The average molecular weight is 268 g/mol. The van der Waals surface area contributed by atoms with Crippen molar-refractivity contribution in [1.82, 2.24) is 4.98 Å². The van der Waals surface area contributed by atoms with E-state index in [0.717, 1.165) is 25.7 Å². The van der Waals surface area contributed by atoms with Crippen molar-refractivity contribution in [3.05, 3.63) is 23.6 Å². The van der Waals surface area contributed by atoms with Crippen LogP contribution in [0.3, 0.4) is 0 Å². The molecule has 0 aliphatic rings. The number of pyridine rings is 1. The van der Waals surface area contributed by atoms with Crippen LogP contribution in [-0.4, -0.2) is 29.1 Å². The van der Waals surface area contributed by atoms with Gasteiger partial charge in [0.1, 0.15) is 5.56 Å². The van der Waals surface area contributed by atoms with Crippen molar-refractivity contribution in [2.75, 3.05) is 18.0 Å². The SMILES string of the molecule is CCCCN(CCCC)c1nccc(C(=O)O)c1F. The van der Waals surface area contributed by atoms with E-state index in [4.69, 9.17) is 5.11 Å². The van der Waals surface area contributed by atoms with E-state index >= 15 is 0 Å². The van der Waals surface area contributed by atoms with Gasteiger partial charge in [0, 0.05) is 19.3 Å². The normalized spacial score (nSPS) is 10.5. The summed E-state index contributed by atoms with van der Waals surface area (Å²) >= 11 is 0. The van der Waals surface area contributed by atoms with E-state index in [0.29, 0.717) is 13.1 Å². The van der Waals surface area contributed by atoms with Crippen molar-refractivity contribution in [2.24, 2.45) is 0 Å². The number of carbonyl (C=O) groups is 1. The Morgan fingerprint density at radius 3 is 2.37 bits per heavy atom. The van der Waals surface area contributed by atoms with Crippen LogP contribution in [0.4, 0.5) is 10.2 Å². The maximum Gasteiger partial charge on any atom is 0.338 e. The zero-order valence-electron chi connectivity index (χ0n) is 11.5. The third-order valence-corrected chi connectivity index (χ3v) is 2.96. The Balaban J connectivity index is 2.99. The van der Waals surface area contributed by atoms with Crippen LogP contribution in [0.5, 0.6) is 0 Å². The van der Waals surface area contributed by atoms with E-state index in [9.17, 15) is 9.18 Å². The van der Waals surface area contributed by atoms with Gasteiger partial charge in [0.05, 0.1) is 0 Å². The van der Waals surface area contributed by atoms with Crippen LogP contribution < -0.4 is 4.90 Å². The fourth-order valence-electron chi connectivity index (χ4n) is 1.84. The number of carboxylic acid groups (broad SMARTS) is 1. The Morgan fingerprint density at radius 1 is 1.32 bits per heavy atom. The van der Waals surface area contributed by atoms with Gasteiger partial charge >= 0.3 is 5.97 Å². The Morgan fingerprint density at radius 2 is 1.89 bits per heavy atom. The second-order valence-corrected chi connectivity index (χ2v) is 4.50. The molecule has 0 amide bonds. The number of halogens is 1. The minimum atomic E-state index is -1.26. The lowest BCUT2D eigenvalue weighted by Crippen LogP contribution is -2.28. The van der Waals surface area contributed by atoms with Crippen molar-refractivity contribution in [3.8, 4) is 0 Å². The Hall–Kier alpha value is -1.65. The highest BCUT2D eigenvalue weighted by atomic mass is 19.1. The van der Waals surface area contributed by atoms with Gasteiger partial charge in [-0.1, -0.05) is 26.7 Å². The molecule has 1 N–H and O–H groups in total. The molecule has 0 spiro atoms. The maximum absolute atomic E-state index is 14.1. The molecule has 5 heteroatoms. The smallest absolute Gasteiger partial charge is 0.338 e. The van der Waals surface area contributed by atoms with Gasteiger partial charge in [-0.3, -0.25) is 0 Å². The minimum Gasteiger partial charge on any atom is -0.478 e. The molecule has 0 aromatic carbocycles. The first kappa shape index (κ1) is 15.4. The molecule has 0 atom stereocenters. The number of anilines is 1. The molecule has 1 heterocycles. The van der Waals surface area contributed by atoms with Gasteiger partial charge in [0.15, 0.2) is 11.6 Å². The lowest BCUT2D eigenvalue weighted by Gasteiger charge is -2.24. The molecule has 1 aromatic heterocycles. The molecule has 4 nitrogen and oxygen atoms in total. The molecule has 1 aromatic rings. The van der Waals surface area contributed by atoms with Crippen molar-refractivity contribution < 1.29 is 14.3 Å². The number of rotatable bonds is 8. The Kier molecular flexibility index (Phi) is 6.25. The second kappa shape index (κ2) is 7.71. The number of hydrogen-bond acceptors (Lipinski definition) is 3. The predicted molar refractivity (Wildman–Crippen MR) is 73.2 cm³/mol. The third-order valence-electron chi connectivity index (χ3n) is 2.96. The zero-order valence-corrected chi connectivity index (χ0v) is 11.5. The molecular formula is C14H21FN2O2. The molecule has 106 valence electrons. The lowest BCUT2D eigenvalue weighted by molar-refractivity contribution is 0.0691. The summed E-state index contributed by atoms with van der Waals surface area (Å²) in [7, 11) is 0. The summed E-state index contributed by atoms with van der Waals surface area (Å²) in [6.45, 7) is 5.53. The summed E-state index contributed by atoms with van der Waals surface area (Å²) in [4.78, 5) is 16.8. The van der Waals surface area contributed by atoms with E-state index < -0.39 is 11.8 Å². The summed E-state index contributed by atoms with van der Waals surface area (Å²) in [6, 6.07) is 1.19. The van der Waals surface area contributed by atoms with Gasteiger partial charge in [-0.15, -0.1) is 0 Å². The molecule has 0 bridgehead atoms. The van der Waals surface area contributed by atoms with Crippen LogP contribution in [-0.2, 0) is 0 Å². The topological polar surface area (TPSA) is 53.4 Å².